The molecule has 1 heterocycles. The smallest absolute Gasteiger partial charge is 0.212 e. The molecule has 1 aromatic carbocycles. The van der Waals surface area contributed by atoms with Crippen LogP contribution in [0.4, 0.5) is 0 Å². The molecule has 0 aliphatic carbocycles. The maximum Gasteiger partial charge on any atom is 0.212 e. The predicted octanol–water partition coefficient (Wildman–Crippen LogP) is 3.75. The van der Waals surface area contributed by atoms with E-state index in [-0.39, 0.29) is 12.2 Å². The Morgan fingerprint density at radius 3 is 2.60 bits per heavy atom. The maximum absolute atomic E-state index is 12.0. The van der Waals surface area contributed by atoms with E-state index in [1.807, 2.05) is 6.07 Å². The van der Waals surface area contributed by atoms with Crippen molar-refractivity contribution in [2.24, 2.45) is 0 Å². The van der Waals surface area contributed by atoms with Crippen molar-refractivity contribution in [2.45, 2.75) is 12.8 Å². The number of carbonyl (C=O) groups excluding carboxylic acids is 1. The average Bonchev–Trinajstić information content (AvgIpc) is 2.43. The molecule has 0 aliphatic heterocycles. The number of hydrogen-bond donors (Lipinski definition) is 0. The summed E-state index contributed by atoms with van der Waals surface area (Å²) < 4.78 is 4.97. The molecule has 0 bridgehead atoms. The first-order valence-electron chi connectivity index (χ1n) is 6.03. The van der Waals surface area contributed by atoms with E-state index in [0.29, 0.717) is 22.3 Å². The van der Waals surface area contributed by atoms with Gasteiger partial charge in [0.05, 0.1) is 7.11 Å². The van der Waals surface area contributed by atoms with Gasteiger partial charge in [-0.25, -0.2) is 4.98 Å². The molecule has 0 aliphatic rings. The Morgan fingerprint density at radius 2 is 2.00 bits per heavy atom. The van der Waals surface area contributed by atoms with E-state index in [1.54, 1.807) is 37.6 Å². The van der Waals surface area contributed by atoms with Crippen LogP contribution in [0.25, 0.3) is 0 Å². The molecule has 0 spiro atoms. The van der Waals surface area contributed by atoms with Gasteiger partial charge in [-0.3, -0.25) is 4.79 Å². The molecule has 3 nitrogen and oxygen atoms in total. The lowest BCUT2D eigenvalue weighted by Crippen LogP contribution is -2.07. The summed E-state index contributed by atoms with van der Waals surface area (Å²) in [6.45, 7) is 0. The molecule has 0 atom stereocenters. The SMILES string of the molecule is COc1ccc(CC(=O)Cc2ccc(Cl)cc2Cl)cn1. The van der Waals surface area contributed by atoms with Gasteiger partial charge in [-0.2, -0.15) is 0 Å². The van der Waals surface area contributed by atoms with Crippen LogP contribution in [0.2, 0.25) is 10.0 Å². The summed E-state index contributed by atoms with van der Waals surface area (Å²) in [5, 5.41) is 1.07. The fourth-order valence-corrected chi connectivity index (χ4v) is 2.28. The van der Waals surface area contributed by atoms with Crippen molar-refractivity contribution >= 4 is 29.0 Å². The van der Waals surface area contributed by atoms with E-state index >= 15 is 0 Å². The van der Waals surface area contributed by atoms with Crippen LogP contribution >= 0.6 is 23.2 Å². The number of pyridine rings is 1. The second-order valence-corrected chi connectivity index (χ2v) is 5.18. The van der Waals surface area contributed by atoms with Crippen LogP contribution in [0.15, 0.2) is 36.5 Å². The Hall–Kier alpha value is -1.58. The second-order valence-electron chi connectivity index (χ2n) is 4.34. The molecule has 0 saturated heterocycles. The molecule has 0 fully saturated rings. The first-order valence-corrected chi connectivity index (χ1v) is 6.78. The standard InChI is InChI=1S/C15H13Cl2NO2/c1-20-15-5-2-10(9-18-15)6-13(19)7-11-3-4-12(16)8-14(11)17/h2-5,8-9H,6-7H2,1H3. The lowest BCUT2D eigenvalue weighted by molar-refractivity contribution is -0.117. The molecular weight excluding hydrogens is 297 g/mol. The van der Waals surface area contributed by atoms with E-state index in [9.17, 15) is 4.79 Å². The second kappa shape index (κ2) is 6.73. The van der Waals surface area contributed by atoms with Crippen molar-refractivity contribution in [3.8, 4) is 5.88 Å². The summed E-state index contributed by atoms with van der Waals surface area (Å²) in [5.41, 5.74) is 1.63. The Morgan fingerprint density at radius 1 is 1.20 bits per heavy atom. The third-order valence-electron chi connectivity index (χ3n) is 2.81. The zero-order valence-electron chi connectivity index (χ0n) is 10.9. The van der Waals surface area contributed by atoms with Gasteiger partial charge in [0.15, 0.2) is 0 Å². The van der Waals surface area contributed by atoms with Crippen molar-refractivity contribution in [1.82, 2.24) is 4.98 Å². The summed E-state index contributed by atoms with van der Waals surface area (Å²) in [6.07, 6.45) is 2.23. The van der Waals surface area contributed by atoms with Crippen LogP contribution in [0.3, 0.4) is 0 Å². The molecular formula is C15H13Cl2NO2. The van der Waals surface area contributed by atoms with Gasteiger partial charge >= 0.3 is 0 Å². The first kappa shape index (κ1) is 14.8. The Bertz CT molecular complexity index is 612. The minimum Gasteiger partial charge on any atom is -0.481 e. The summed E-state index contributed by atoms with van der Waals surface area (Å²) in [7, 11) is 1.55. The zero-order chi connectivity index (χ0) is 14.5. The predicted molar refractivity (Wildman–Crippen MR) is 79.7 cm³/mol. The lowest BCUT2D eigenvalue weighted by Gasteiger charge is -2.05. The summed E-state index contributed by atoms with van der Waals surface area (Å²) in [6, 6.07) is 8.70. The van der Waals surface area contributed by atoms with Crippen LogP contribution in [-0.4, -0.2) is 17.9 Å². The van der Waals surface area contributed by atoms with Crippen LogP contribution < -0.4 is 4.74 Å². The van der Waals surface area contributed by atoms with Crippen LogP contribution in [0.5, 0.6) is 5.88 Å². The average molecular weight is 310 g/mol. The fourth-order valence-electron chi connectivity index (χ4n) is 1.80. The van der Waals surface area contributed by atoms with Gasteiger partial charge in [0.25, 0.3) is 0 Å². The van der Waals surface area contributed by atoms with Crippen molar-refractivity contribution < 1.29 is 9.53 Å². The highest BCUT2D eigenvalue weighted by Gasteiger charge is 2.09. The molecule has 0 saturated carbocycles. The number of nitrogens with zero attached hydrogens (tertiary/aromatic N) is 1. The minimum absolute atomic E-state index is 0.0705. The van der Waals surface area contributed by atoms with Gasteiger partial charge in [0, 0.05) is 35.2 Å². The molecule has 0 N–H and O–H groups in total. The Kier molecular flexibility index (Phi) is 4.99. The summed E-state index contributed by atoms with van der Waals surface area (Å²) in [5.74, 6) is 0.600. The number of hydrogen-bond acceptors (Lipinski definition) is 3. The van der Waals surface area contributed by atoms with Gasteiger partial charge in [-0.1, -0.05) is 35.3 Å². The molecule has 0 radical (unpaired) electrons. The zero-order valence-corrected chi connectivity index (χ0v) is 12.4. The number of methoxy groups -OCH3 is 1. The summed E-state index contributed by atoms with van der Waals surface area (Å²) >= 11 is 11.9. The number of Topliss-reactive ketones (excluding diaryl/α,β-unsaturated/α-hetero) is 1. The Balaban J connectivity index is 2.01. The lowest BCUT2D eigenvalue weighted by atomic mass is 10.0. The number of benzene rings is 1. The minimum atomic E-state index is 0.0705. The van der Waals surface area contributed by atoms with E-state index in [1.165, 1.54) is 0 Å². The van der Waals surface area contributed by atoms with Gasteiger partial charge in [0.2, 0.25) is 5.88 Å². The number of rotatable bonds is 5. The highest BCUT2D eigenvalue weighted by molar-refractivity contribution is 6.35. The van der Waals surface area contributed by atoms with Gasteiger partial charge in [-0.15, -0.1) is 0 Å². The highest BCUT2D eigenvalue weighted by Crippen LogP contribution is 2.22. The van der Waals surface area contributed by atoms with Gasteiger partial charge in [-0.05, 0) is 23.3 Å². The number of ether oxygens (including phenoxy) is 1. The maximum atomic E-state index is 12.0. The molecule has 20 heavy (non-hydrogen) atoms. The monoisotopic (exact) mass is 309 g/mol. The number of halogens is 2. The fraction of sp³-hybridized carbons (Fsp3) is 0.200. The van der Waals surface area contributed by atoms with Crippen molar-refractivity contribution in [2.75, 3.05) is 7.11 Å². The number of aromatic nitrogens is 1. The van der Waals surface area contributed by atoms with E-state index in [2.05, 4.69) is 4.98 Å². The van der Waals surface area contributed by atoms with Crippen molar-refractivity contribution in [3.63, 3.8) is 0 Å². The normalized spacial score (nSPS) is 10.3. The quantitative estimate of drug-likeness (QED) is 0.844. The highest BCUT2D eigenvalue weighted by atomic mass is 35.5. The van der Waals surface area contributed by atoms with E-state index in [4.69, 9.17) is 27.9 Å². The van der Waals surface area contributed by atoms with Gasteiger partial charge in [0.1, 0.15) is 5.78 Å². The van der Waals surface area contributed by atoms with Crippen LogP contribution in [0.1, 0.15) is 11.1 Å². The molecule has 0 amide bonds. The van der Waals surface area contributed by atoms with E-state index in [0.717, 1.165) is 11.1 Å². The van der Waals surface area contributed by atoms with Crippen molar-refractivity contribution in [1.29, 1.82) is 0 Å². The topological polar surface area (TPSA) is 39.2 Å². The number of ketones is 1. The van der Waals surface area contributed by atoms with Crippen LogP contribution in [-0.2, 0) is 17.6 Å². The largest absolute Gasteiger partial charge is 0.481 e. The molecule has 0 unspecified atom stereocenters. The van der Waals surface area contributed by atoms with Crippen molar-refractivity contribution in [3.05, 3.63) is 57.7 Å². The molecule has 104 valence electrons. The third kappa shape index (κ3) is 3.95. The van der Waals surface area contributed by atoms with Gasteiger partial charge < -0.3 is 4.74 Å². The summed E-state index contributed by atoms with van der Waals surface area (Å²) in [4.78, 5) is 16.1. The molecule has 1 aromatic heterocycles. The van der Waals surface area contributed by atoms with E-state index < -0.39 is 0 Å². The first-order chi connectivity index (χ1) is 9.58. The number of carbonyl (C=O) groups is 1. The third-order valence-corrected chi connectivity index (χ3v) is 3.40. The Labute approximate surface area is 127 Å². The molecule has 2 rings (SSSR count). The van der Waals surface area contributed by atoms with Crippen LogP contribution in [0, 0.1) is 0 Å². The molecule has 2 aromatic rings. The molecule has 5 heteroatoms.